The molecule has 0 radical (unpaired) electrons. The third-order valence-electron chi connectivity index (χ3n) is 22.1. The Morgan fingerprint density at radius 2 is 0.881 bits per heavy atom. The van der Waals surface area contributed by atoms with Crippen LogP contribution in [0.2, 0.25) is 0 Å². The lowest BCUT2D eigenvalue weighted by molar-refractivity contribution is -0.379. The second kappa shape index (κ2) is 59.1. The Bertz CT molecular complexity index is 3440. The standard InChI is InChI=1S/C12H16N2O.C11H15FN2.C11H16N2.C10H13N3O.C10H20N2.C8H18N2.C7H15N3O.C7H14N2O.C6H11NO.C5H12N2O2S.CH4/c1-10(15)11-2-4-12(5-3-11)14-8-6-13-7-9-14;1-9-2-3-11(10(12)8-9)14-6-4-13-5-7-14;1-10-2-4-11(5-3-10)13-8-6-12-7-9-13;14-12-9-1-3-10(4-2-9)13-7-5-11-6-8-13;1-2-4-10(5-3-1)12-8-6-11-7-9-12;1-8(2)7-10-5-3-9-4-6-10;1-8-7(11)6-10-4-2-9-3-5-10;1-9(2)7(10)6-4-3-5-8-6;1-5(8)6-3-2-4-7-6;1-10(8,9)7-4-2-6-3-5-7;/h2-5,13H,6-9H2,1H3;2-3,8,13H,4-7H2,1H3;2-5,12H,6-9H2,1H3;1-4,11H,5-8H2;10-11H,1-9H2;8-9H,3-7H2,1-2H3;9H,2-6H2,1H3,(H,8,11);6,8H,3-5H2,1-2H3;6-7H,2-4H2,1H3;6H,2-5H2,1H3;1H4/p+1. The minimum atomic E-state index is -2.93. The van der Waals surface area contributed by atoms with Crippen LogP contribution in [-0.2, 0) is 24.4 Å². The summed E-state index contributed by atoms with van der Waals surface area (Å²) in [5.74, 6) is 1.43. The van der Waals surface area contributed by atoms with Gasteiger partial charge in [0.2, 0.25) is 21.8 Å². The fraction of sp³-hybridized carbons (Fsp3) is 0.682. The summed E-state index contributed by atoms with van der Waals surface area (Å²) in [5.41, 5.74) is 8.19. The summed E-state index contributed by atoms with van der Waals surface area (Å²) in [6.07, 6.45) is 12.9. The molecule has 10 heterocycles. The SMILES string of the molecule is C.C1CCC(N2CCNCC2)CC1.CC(=O)C1CCCN1.CC(=O)c1ccc(N2CCNCC2)cc1.CC(C)CN1CCNCC1.CN(C)C(=O)C1CCCN1.CNC(=O)CN1CCNCC1.CS(=O)(=O)N1CCNCC1.Cc1ccc(N2CCNCC2)c(F)c1.Cc1ccc(N2CCNCC2)cc1.O=[NH+]c1ccc(N2CCNCC2)cc1. The number of benzene rings is 4. The van der Waals surface area contributed by atoms with Crippen molar-refractivity contribution in [3.05, 3.63) is 118 Å². The van der Waals surface area contributed by atoms with Crippen molar-refractivity contribution < 1.29 is 37.2 Å². The first-order valence-corrected chi connectivity index (χ1v) is 45.5. The molecular weight excluding hydrogens is 1510 g/mol. The third kappa shape index (κ3) is 41.2. The topological polar surface area (TPSA) is 295 Å². The molecule has 1 aliphatic carbocycles. The second-order valence-electron chi connectivity index (χ2n) is 32.3. The van der Waals surface area contributed by atoms with Crippen LogP contribution in [0.25, 0.3) is 0 Å². The van der Waals surface area contributed by atoms with Crippen LogP contribution in [0, 0.1) is 30.5 Å². The highest BCUT2D eigenvalue weighted by molar-refractivity contribution is 7.88. The maximum Gasteiger partial charge on any atom is 0.253 e. The summed E-state index contributed by atoms with van der Waals surface area (Å²) < 4.78 is 36.8. The van der Waals surface area contributed by atoms with Gasteiger partial charge in [-0.05, 0) is 151 Å². The van der Waals surface area contributed by atoms with Crippen molar-refractivity contribution in [1.82, 2.24) is 82.4 Å². The molecule has 15 rings (SSSR count). The number of carbonyl (C=O) groups is 4. The van der Waals surface area contributed by atoms with Crippen molar-refractivity contribution in [3.63, 3.8) is 0 Å². The van der Waals surface area contributed by atoms with E-state index in [0.717, 1.165) is 212 Å². The molecule has 2 atom stereocenters. The first kappa shape index (κ1) is 102. The average molecular weight is 1670 g/mol. The summed E-state index contributed by atoms with van der Waals surface area (Å²) in [6, 6.07) is 30.8. The Morgan fingerprint density at radius 1 is 0.492 bits per heavy atom. The van der Waals surface area contributed by atoms with Gasteiger partial charge in [-0.25, -0.2) is 12.8 Å². The van der Waals surface area contributed by atoms with Gasteiger partial charge in [0.1, 0.15) is 11.6 Å². The number of sulfonamides is 1. The summed E-state index contributed by atoms with van der Waals surface area (Å²) in [7, 11) is 2.33. The van der Waals surface area contributed by atoms with E-state index in [4.69, 9.17) is 0 Å². The molecule has 4 aromatic rings. The zero-order chi connectivity index (χ0) is 84.4. The Balaban J connectivity index is 0.000000234. The predicted octanol–water partition coefficient (Wildman–Crippen LogP) is 3.87. The number of Topliss-reactive ketones (excluding diaryl/α,β-unsaturated/α-hetero) is 2. The van der Waals surface area contributed by atoms with E-state index in [0.29, 0.717) is 25.3 Å². The van der Waals surface area contributed by atoms with Crippen molar-refractivity contribution in [1.29, 1.82) is 0 Å². The van der Waals surface area contributed by atoms with E-state index in [1.807, 2.05) is 72.8 Å². The predicted molar refractivity (Wildman–Crippen MR) is 486 cm³/mol. The maximum atomic E-state index is 13.6. The van der Waals surface area contributed by atoms with Crippen LogP contribution in [0.3, 0.4) is 0 Å². The van der Waals surface area contributed by atoms with Crippen molar-refractivity contribution in [2.24, 2.45) is 5.92 Å². The highest BCUT2D eigenvalue weighted by atomic mass is 32.2. The molecule has 2 amide bonds. The van der Waals surface area contributed by atoms with Gasteiger partial charge in [0.05, 0.1) is 30.6 Å². The number of nitrogens with zero attached hydrogens (tertiary/aromatic N) is 9. The molecule has 28 nitrogen and oxygen atoms in total. The maximum absolute atomic E-state index is 13.6. The van der Waals surface area contributed by atoms with E-state index < -0.39 is 10.0 Å². The van der Waals surface area contributed by atoms with Gasteiger partial charge < -0.3 is 87.9 Å². The molecule has 10 saturated heterocycles. The largest absolute Gasteiger partial charge is 0.369 e. The lowest BCUT2D eigenvalue weighted by atomic mass is 9.94. The lowest BCUT2D eigenvalue weighted by Crippen LogP contribution is -2.55. The van der Waals surface area contributed by atoms with Gasteiger partial charge in [0.15, 0.2) is 5.78 Å². The summed E-state index contributed by atoms with van der Waals surface area (Å²) in [6.45, 7) is 48.5. The van der Waals surface area contributed by atoms with E-state index in [9.17, 15) is 36.9 Å². The highest BCUT2D eigenvalue weighted by Crippen LogP contribution is 2.24. The highest BCUT2D eigenvalue weighted by Gasteiger charge is 2.25. The van der Waals surface area contributed by atoms with E-state index in [1.165, 1.54) is 124 Å². The molecule has 1 saturated carbocycles. The first-order chi connectivity index (χ1) is 56.5. The zero-order valence-electron chi connectivity index (χ0n) is 73.0. The van der Waals surface area contributed by atoms with E-state index >= 15 is 0 Å². The number of anilines is 4. The molecule has 2 unspecified atom stereocenters. The van der Waals surface area contributed by atoms with Crippen LogP contribution in [-0.4, -0.2) is 337 Å². The van der Waals surface area contributed by atoms with Crippen LogP contribution in [0.5, 0.6) is 0 Å². The molecular formula is C88H155FN21O7S+. The van der Waals surface area contributed by atoms with Gasteiger partial charge in [-0.3, -0.25) is 29.0 Å². The van der Waals surface area contributed by atoms with Crippen LogP contribution >= 0.6 is 0 Å². The Hall–Kier alpha value is -6.72. The smallest absolute Gasteiger partial charge is 0.253 e. The molecule has 11 aliphatic rings. The van der Waals surface area contributed by atoms with Gasteiger partial charge >= 0.3 is 0 Å². The third-order valence-corrected chi connectivity index (χ3v) is 23.4. The number of hydrogen-bond donors (Lipinski definition) is 12. The molecule has 666 valence electrons. The van der Waals surface area contributed by atoms with Crippen molar-refractivity contribution in [2.45, 2.75) is 125 Å². The van der Waals surface area contributed by atoms with Gasteiger partial charge in [-0.1, -0.05) is 64.3 Å². The molecule has 118 heavy (non-hydrogen) atoms. The van der Waals surface area contributed by atoms with Crippen LogP contribution in [0.4, 0.5) is 32.8 Å². The number of amides is 2. The minimum Gasteiger partial charge on any atom is -0.369 e. The zero-order valence-corrected chi connectivity index (χ0v) is 73.8. The normalized spacial score (nSPS) is 20.6. The fourth-order valence-corrected chi connectivity index (χ4v) is 16.1. The van der Waals surface area contributed by atoms with Crippen molar-refractivity contribution >= 4 is 61.8 Å². The second-order valence-corrected chi connectivity index (χ2v) is 34.2. The number of nitrogens with one attached hydrogen (secondary N) is 12. The van der Waals surface area contributed by atoms with Gasteiger partial charge in [0.25, 0.3) is 5.69 Å². The molecule has 11 fully saturated rings. The number of nitroso groups, excluding NO2 is 1. The summed E-state index contributed by atoms with van der Waals surface area (Å²) in [4.78, 5) is 72.3. The van der Waals surface area contributed by atoms with E-state index in [2.05, 4.69) is 138 Å². The lowest BCUT2D eigenvalue weighted by Gasteiger charge is -2.36. The summed E-state index contributed by atoms with van der Waals surface area (Å²) >= 11 is 0. The van der Waals surface area contributed by atoms with E-state index in [-0.39, 0.29) is 48.7 Å². The molecule has 10 aliphatic heterocycles. The van der Waals surface area contributed by atoms with Gasteiger partial charge in [-0.2, -0.15) is 4.31 Å². The number of carbonyl (C=O) groups excluding carboxylic acids is 4. The van der Waals surface area contributed by atoms with Crippen LogP contribution in [0.15, 0.2) is 91.0 Å². The molecule has 0 bridgehead atoms. The number of likely N-dealkylation sites (N-methyl/N-ethyl adjacent to an activating group) is 2. The van der Waals surface area contributed by atoms with Crippen LogP contribution < -0.4 is 83.3 Å². The Kier molecular flexibility index (Phi) is 51.0. The van der Waals surface area contributed by atoms with E-state index in [1.54, 1.807) is 46.0 Å². The fourth-order valence-electron chi connectivity index (χ4n) is 15.2. The number of halogens is 1. The van der Waals surface area contributed by atoms with Crippen LogP contribution in [0.1, 0.15) is 114 Å². The minimum absolute atomic E-state index is 0. The summed E-state index contributed by atoms with van der Waals surface area (Å²) in [5, 5.41) is 37.0. The Morgan fingerprint density at radius 3 is 1.25 bits per heavy atom. The quantitative estimate of drug-likeness (QED) is 0.0798. The number of ketones is 2. The van der Waals surface area contributed by atoms with Crippen molar-refractivity contribution in [3.8, 4) is 0 Å². The first-order valence-electron chi connectivity index (χ1n) is 43.6. The Labute approximate surface area is 709 Å². The molecule has 0 aromatic heterocycles. The van der Waals surface area contributed by atoms with Crippen molar-refractivity contribution in [2.75, 3.05) is 283 Å². The average Bonchev–Trinajstić information content (AvgIpc) is 1.14. The monoisotopic (exact) mass is 1670 g/mol. The van der Waals surface area contributed by atoms with Gasteiger partial charge in [0, 0.05) is 288 Å². The molecule has 4 aromatic carbocycles. The molecule has 30 heteroatoms. The molecule has 12 N–H and O–H groups in total. The number of aryl methyl sites for hydroxylation is 2. The number of hydrogen-bond acceptors (Lipinski definition) is 24. The number of rotatable bonds is 14. The molecule has 0 spiro atoms. The number of piperazine rings is 8. The van der Waals surface area contributed by atoms with Gasteiger partial charge in [-0.15, -0.1) is 0 Å².